The lowest BCUT2D eigenvalue weighted by molar-refractivity contribution is -0.123. The van der Waals surface area contributed by atoms with Crippen molar-refractivity contribution in [3.05, 3.63) is 40.4 Å². The minimum atomic E-state index is -0.575. The van der Waals surface area contributed by atoms with E-state index in [-0.39, 0.29) is 24.2 Å². The fourth-order valence-corrected chi connectivity index (χ4v) is 5.16. The number of anilines is 1. The van der Waals surface area contributed by atoms with Crippen molar-refractivity contribution in [1.82, 2.24) is 14.9 Å². The molecule has 38 heavy (non-hydrogen) atoms. The van der Waals surface area contributed by atoms with Gasteiger partial charge in [0, 0.05) is 74.4 Å². The Morgan fingerprint density at radius 1 is 1.13 bits per heavy atom. The molecule has 4 heterocycles. The van der Waals surface area contributed by atoms with Gasteiger partial charge >= 0.3 is 6.09 Å². The van der Waals surface area contributed by atoms with E-state index in [9.17, 15) is 9.59 Å². The zero-order valence-corrected chi connectivity index (χ0v) is 23.8. The van der Waals surface area contributed by atoms with Crippen molar-refractivity contribution in [2.24, 2.45) is 11.8 Å². The monoisotopic (exact) mass is 562 g/mol. The molecule has 1 amide bonds. The number of hydrogen-bond donors (Lipinski definition) is 1. The minimum absolute atomic E-state index is 0.0482. The van der Waals surface area contributed by atoms with Crippen LogP contribution in [0.2, 0.25) is 10.2 Å². The number of Topliss-reactive ketones (excluding diaryl/α,β-unsaturated/α-hetero) is 1. The van der Waals surface area contributed by atoms with E-state index in [0.717, 1.165) is 62.3 Å². The molecule has 0 aliphatic carbocycles. The van der Waals surface area contributed by atoms with Gasteiger partial charge in [0.2, 0.25) is 0 Å². The Morgan fingerprint density at radius 3 is 2.63 bits per heavy atom. The Balaban J connectivity index is 1.43. The van der Waals surface area contributed by atoms with Gasteiger partial charge in [-0.15, -0.1) is 0 Å². The quantitative estimate of drug-likeness (QED) is 0.410. The van der Waals surface area contributed by atoms with Crippen molar-refractivity contribution >= 4 is 40.8 Å². The highest BCUT2D eigenvalue weighted by molar-refractivity contribution is 6.33. The summed E-state index contributed by atoms with van der Waals surface area (Å²) in [6, 6.07) is 3.77. The van der Waals surface area contributed by atoms with Crippen molar-refractivity contribution in [1.29, 1.82) is 0 Å². The number of rotatable bonds is 7. The molecule has 0 radical (unpaired) electrons. The van der Waals surface area contributed by atoms with Crippen LogP contribution in [-0.4, -0.2) is 65.2 Å². The molecule has 1 atom stereocenters. The summed E-state index contributed by atoms with van der Waals surface area (Å²) in [7, 11) is 0. The van der Waals surface area contributed by atoms with Crippen molar-refractivity contribution in [3.63, 3.8) is 0 Å². The van der Waals surface area contributed by atoms with Gasteiger partial charge in [0.25, 0.3) is 0 Å². The molecule has 0 bridgehead atoms. The number of nitrogens with zero attached hydrogens (tertiary/aromatic N) is 3. The molecule has 2 fully saturated rings. The van der Waals surface area contributed by atoms with Crippen LogP contribution in [0.5, 0.6) is 0 Å². The molecule has 0 aromatic carbocycles. The molecule has 4 rings (SSSR count). The first-order valence-electron chi connectivity index (χ1n) is 13.2. The number of ketones is 1. The fraction of sp³-hybridized carbons (Fsp3) is 0.571. The van der Waals surface area contributed by atoms with E-state index >= 15 is 0 Å². The van der Waals surface area contributed by atoms with Crippen LogP contribution in [-0.2, 0) is 20.7 Å². The topological polar surface area (TPSA) is 93.7 Å². The first-order chi connectivity index (χ1) is 18.1. The van der Waals surface area contributed by atoms with Crippen LogP contribution in [0.25, 0.3) is 11.1 Å². The maximum Gasteiger partial charge on any atom is 0.410 e. The number of likely N-dealkylation sites (tertiary alicyclic amines) is 1. The summed E-state index contributed by atoms with van der Waals surface area (Å²) in [5, 5.41) is 4.29. The lowest BCUT2D eigenvalue weighted by atomic mass is 9.91. The Labute approximate surface area is 234 Å². The maximum atomic E-state index is 13.2. The Hall–Kier alpha value is -2.42. The van der Waals surface area contributed by atoms with Crippen LogP contribution in [0, 0.1) is 11.8 Å². The third-order valence-corrected chi connectivity index (χ3v) is 7.47. The van der Waals surface area contributed by atoms with E-state index in [4.69, 9.17) is 32.7 Å². The van der Waals surface area contributed by atoms with Gasteiger partial charge < -0.3 is 19.7 Å². The van der Waals surface area contributed by atoms with E-state index < -0.39 is 5.60 Å². The van der Waals surface area contributed by atoms with Gasteiger partial charge in [-0.25, -0.2) is 9.78 Å². The smallest absolute Gasteiger partial charge is 0.410 e. The van der Waals surface area contributed by atoms with Crippen LogP contribution >= 0.6 is 23.2 Å². The normalized spacial score (nSPS) is 18.8. The molecule has 0 unspecified atom stereocenters. The predicted molar refractivity (Wildman–Crippen MR) is 149 cm³/mol. The zero-order chi connectivity index (χ0) is 27.3. The van der Waals surface area contributed by atoms with Gasteiger partial charge in [-0.3, -0.25) is 9.78 Å². The molecular formula is C28H36Cl2N4O4. The van der Waals surface area contributed by atoms with Gasteiger partial charge in [0.05, 0.1) is 10.7 Å². The van der Waals surface area contributed by atoms with Crippen molar-refractivity contribution in [3.8, 4) is 11.1 Å². The van der Waals surface area contributed by atoms with Crippen molar-refractivity contribution in [2.45, 2.75) is 58.5 Å². The molecule has 1 N–H and O–H groups in total. The van der Waals surface area contributed by atoms with Gasteiger partial charge in [-0.05, 0) is 64.5 Å². The number of carbonyl (C=O) groups is 2. The molecule has 10 heteroatoms. The minimum Gasteiger partial charge on any atom is -0.444 e. The summed E-state index contributed by atoms with van der Waals surface area (Å²) in [4.78, 5) is 36.1. The van der Waals surface area contributed by atoms with Gasteiger partial charge in [0.1, 0.15) is 11.4 Å². The number of aromatic nitrogens is 2. The highest BCUT2D eigenvalue weighted by Gasteiger charge is 2.31. The number of piperidine rings is 1. The summed E-state index contributed by atoms with van der Waals surface area (Å²) >= 11 is 12.9. The standard InChI is InChI=1S/C28H36Cl2N4O4/c1-28(2,3)38-27(36)34-8-4-5-19(17-34)25(35)13-21-12-22(23(29)16-31-21)20-11-24(26(30)33-15-20)32-14-18-6-9-37-10-7-18/h11-12,15-16,18-19,32H,4-10,13-14,17H2,1-3H3/t19-/m1/s1. The van der Waals surface area contributed by atoms with Crippen LogP contribution in [0.3, 0.4) is 0 Å². The van der Waals surface area contributed by atoms with Gasteiger partial charge in [-0.2, -0.15) is 0 Å². The number of amides is 1. The van der Waals surface area contributed by atoms with Gasteiger partial charge in [0.15, 0.2) is 5.15 Å². The molecule has 2 aromatic rings. The third kappa shape index (κ3) is 7.80. The molecule has 0 spiro atoms. The number of nitrogens with one attached hydrogen (secondary N) is 1. The average molecular weight is 564 g/mol. The third-order valence-electron chi connectivity index (χ3n) is 6.87. The van der Waals surface area contributed by atoms with Crippen LogP contribution in [0.1, 0.15) is 52.1 Å². The maximum absolute atomic E-state index is 13.2. The second-order valence-corrected chi connectivity index (χ2v) is 11.8. The SMILES string of the molecule is CC(C)(C)OC(=O)N1CCC[C@@H](C(=O)Cc2cc(-c3cnc(Cl)c(NCC4CCOCC4)c3)c(Cl)cn2)C1. The number of carbonyl (C=O) groups excluding carboxylic acids is 2. The zero-order valence-electron chi connectivity index (χ0n) is 22.3. The molecule has 2 aliphatic heterocycles. The highest BCUT2D eigenvalue weighted by atomic mass is 35.5. The van der Waals surface area contributed by atoms with Crippen molar-refractivity contribution in [2.75, 3.05) is 38.2 Å². The summed E-state index contributed by atoms with van der Waals surface area (Å²) in [5.74, 6) is 0.319. The number of hydrogen-bond acceptors (Lipinski definition) is 7. The number of ether oxygens (including phenoxy) is 2. The highest BCUT2D eigenvalue weighted by Crippen LogP contribution is 2.32. The van der Waals surface area contributed by atoms with Crippen molar-refractivity contribution < 1.29 is 19.1 Å². The molecule has 0 saturated carbocycles. The molecule has 2 saturated heterocycles. The number of pyridine rings is 2. The van der Waals surface area contributed by atoms with E-state index in [1.54, 1.807) is 17.3 Å². The summed E-state index contributed by atoms with van der Waals surface area (Å²) in [6.45, 7) is 8.82. The Morgan fingerprint density at radius 2 is 1.89 bits per heavy atom. The summed E-state index contributed by atoms with van der Waals surface area (Å²) in [6.07, 6.45) is 6.55. The summed E-state index contributed by atoms with van der Waals surface area (Å²) < 4.78 is 10.9. The van der Waals surface area contributed by atoms with Crippen LogP contribution in [0.15, 0.2) is 24.5 Å². The number of halogens is 2. The first kappa shape index (κ1) is 28.6. The average Bonchev–Trinajstić information content (AvgIpc) is 2.89. The molecule has 2 aromatic heterocycles. The predicted octanol–water partition coefficient (Wildman–Crippen LogP) is 6.05. The van der Waals surface area contributed by atoms with E-state index in [1.165, 1.54) is 0 Å². The molecule has 8 nitrogen and oxygen atoms in total. The molecular weight excluding hydrogens is 527 g/mol. The summed E-state index contributed by atoms with van der Waals surface area (Å²) in [5.41, 5.74) is 2.32. The first-order valence-corrected chi connectivity index (χ1v) is 14.0. The van der Waals surface area contributed by atoms with E-state index in [2.05, 4.69) is 15.3 Å². The second-order valence-electron chi connectivity index (χ2n) is 11.1. The Kier molecular flexibility index (Phi) is 9.50. The largest absolute Gasteiger partial charge is 0.444 e. The van der Waals surface area contributed by atoms with E-state index in [0.29, 0.717) is 34.9 Å². The van der Waals surface area contributed by atoms with Crippen LogP contribution in [0.4, 0.5) is 10.5 Å². The molecule has 2 aliphatic rings. The lowest BCUT2D eigenvalue weighted by Crippen LogP contribution is -2.44. The molecule has 206 valence electrons. The fourth-order valence-electron chi connectivity index (χ4n) is 4.78. The lowest BCUT2D eigenvalue weighted by Gasteiger charge is -2.33. The van der Waals surface area contributed by atoms with Crippen LogP contribution < -0.4 is 5.32 Å². The second kappa shape index (κ2) is 12.6. The Bertz CT molecular complexity index is 1150. The van der Waals surface area contributed by atoms with E-state index in [1.807, 2.05) is 32.9 Å². The van der Waals surface area contributed by atoms with Gasteiger partial charge in [-0.1, -0.05) is 23.2 Å².